The van der Waals surface area contributed by atoms with Crippen molar-refractivity contribution in [1.82, 2.24) is 10.2 Å². The number of methoxy groups -OCH3 is 1. The van der Waals surface area contributed by atoms with E-state index in [0.29, 0.717) is 13.2 Å². The van der Waals surface area contributed by atoms with Crippen LogP contribution < -0.4 is 4.90 Å². The fourth-order valence-electron chi connectivity index (χ4n) is 0.942. The zero-order chi connectivity index (χ0) is 9.68. The second-order valence-corrected chi connectivity index (χ2v) is 4.08. The molecule has 1 heterocycles. The minimum Gasteiger partial charge on any atom is -0.383 e. The van der Waals surface area contributed by atoms with Crippen LogP contribution in [0.25, 0.3) is 0 Å². The molecule has 0 N–H and O–H groups in total. The van der Waals surface area contributed by atoms with Crippen LogP contribution in [0, 0.1) is 0 Å². The van der Waals surface area contributed by atoms with Crippen LogP contribution in [-0.4, -0.2) is 42.9 Å². The molecule has 1 aromatic rings. The van der Waals surface area contributed by atoms with E-state index in [0.717, 1.165) is 5.13 Å². The highest BCUT2D eigenvalue weighted by molar-refractivity contribution is 7.13. The van der Waals surface area contributed by atoms with E-state index in [9.17, 15) is 0 Å². The Labute approximate surface area is 86.5 Å². The average molecular weight is 222 g/mol. The summed E-state index contributed by atoms with van der Waals surface area (Å²) in [6, 6.07) is 0. The molecule has 0 aliphatic carbocycles. The third-order valence-electron chi connectivity index (χ3n) is 1.49. The van der Waals surface area contributed by atoms with Crippen LogP contribution in [0.4, 0.5) is 5.13 Å². The molecule has 0 bridgehead atoms. The molecule has 0 spiro atoms. The first kappa shape index (κ1) is 10.7. The number of aromatic nitrogens is 2. The van der Waals surface area contributed by atoms with Crippen LogP contribution in [-0.2, 0) is 4.74 Å². The van der Waals surface area contributed by atoms with Crippen molar-refractivity contribution < 1.29 is 4.74 Å². The van der Waals surface area contributed by atoms with E-state index >= 15 is 0 Å². The number of rotatable bonds is 5. The normalized spacial score (nSPS) is 12.8. The minimum absolute atomic E-state index is 0.0149. The Morgan fingerprint density at radius 1 is 1.77 bits per heavy atom. The van der Waals surface area contributed by atoms with Crippen LogP contribution in [0.5, 0.6) is 0 Å². The molecule has 6 heteroatoms. The summed E-state index contributed by atoms with van der Waals surface area (Å²) >= 11 is 7.48. The van der Waals surface area contributed by atoms with Crippen LogP contribution in [0.1, 0.15) is 0 Å². The van der Waals surface area contributed by atoms with E-state index in [4.69, 9.17) is 16.3 Å². The Bertz CT molecular complexity index is 232. The van der Waals surface area contributed by atoms with E-state index in [1.165, 1.54) is 11.3 Å². The molecule has 0 aromatic carbocycles. The maximum atomic E-state index is 5.98. The van der Waals surface area contributed by atoms with Gasteiger partial charge in [-0.05, 0) is 0 Å². The average Bonchev–Trinajstić information content (AvgIpc) is 2.55. The maximum absolute atomic E-state index is 5.98. The number of ether oxygens (including phenoxy) is 1. The van der Waals surface area contributed by atoms with Gasteiger partial charge >= 0.3 is 0 Å². The van der Waals surface area contributed by atoms with E-state index in [1.807, 2.05) is 11.9 Å². The summed E-state index contributed by atoms with van der Waals surface area (Å²) in [6.07, 6.45) is 0. The third kappa shape index (κ3) is 3.46. The summed E-state index contributed by atoms with van der Waals surface area (Å²) < 4.78 is 4.93. The standard InChI is InChI=1S/C7H12ClN3OS/c1-11(3-6(8)4-12-2)7-10-9-5-13-7/h5-6H,3-4H2,1-2H3. The zero-order valence-corrected chi connectivity index (χ0v) is 9.18. The van der Waals surface area contributed by atoms with E-state index < -0.39 is 0 Å². The molecule has 0 fully saturated rings. The monoisotopic (exact) mass is 221 g/mol. The van der Waals surface area contributed by atoms with Gasteiger partial charge in [0.1, 0.15) is 5.51 Å². The topological polar surface area (TPSA) is 38.2 Å². The Morgan fingerprint density at radius 2 is 2.54 bits per heavy atom. The van der Waals surface area contributed by atoms with E-state index in [2.05, 4.69) is 10.2 Å². The van der Waals surface area contributed by atoms with Gasteiger partial charge in [-0.25, -0.2) is 0 Å². The van der Waals surface area contributed by atoms with Gasteiger partial charge in [-0.1, -0.05) is 11.3 Å². The molecule has 0 amide bonds. The maximum Gasteiger partial charge on any atom is 0.207 e. The van der Waals surface area contributed by atoms with Crippen molar-refractivity contribution >= 4 is 28.1 Å². The first-order valence-electron chi connectivity index (χ1n) is 3.84. The number of hydrogen-bond acceptors (Lipinski definition) is 5. The van der Waals surface area contributed by atoms with Gasteiger partial charge in [-0.3, -0.25) is 0 Å². The quantitative estimate of drug-likeness (QED) is 0.701. The van der Waals surface area contributed by atoms with Gasteiger partial charge in [0.05, 0.1) is 12.0 Å². The molecule has 1 atom stereocenters. The minimum atomic E-state index is -0.0149. The second kappa shape index (κ2) is 5.36. The van der Waals surface area contributed by atoms with Crippen molar-refractivity contribution in [2.75, 3.05) is 32.2 Å². The third-order valence-corrected chi connectivity index (χ3v) is 2.56. The summed E-state index contributed by atoms with van der Waals surface area (Å²) in [7, 11) is 3.58. The first-order valence-corrected chi connectivity index (χ1v) is 5.16. The molecule has 0 radical (unpaired) electrons. The van der Waals surface area contributed by atoms with Gasteiger partial charge in [-0.2, -0.15) is 0 Å². The van der Waals surface area contributed by atoms with Gasteiger partial charge in [0, 0.05) is 20.7 Å². The van der Waals surface area contributed by atoms with Gasteiger partial charge in [-0.15, -0.1) is 21.8 Å². The van der Waals surface area contributed by atoms with Crippen LogP contribution in [0.15, 0.2) is 5.51 Å². The van der Waals surface area contributed by atoms with Crippen LogP contribution in [0.3, 0.4) is 0 Å². The Balaban J connectivity index is 2.37. The molecule has 4 nitrogen and oxygen atoms in total. The smallest absolute Gasteiger partial charge is 0.207 e. The molecule has 1 aromatic heterocycles. The molecule has 1 rings (SSSR count). The predicted molar refractivity (Wildman–Crippen MR) is 54.7 cm³/mol. The largest absolute Gasteiger partial charge is 0.383 e. The molecule has 1 unspecified atom stereocenters. The number of nitrogens with zero attached hydrogens (tertiary/aromatic N) is 3. The Morgan fingerprint density at radius 3 is 3.08 bits per heavy atom. The predicted octanol–water partition coefficient (Wildman–Crippen LogP) is 1.23. The van der Waals surface area contributed by atoms with Crippen molar-refractivity contribution in [2.45, 2.75) is 5.38 Å². The SMILES string of the molecule is COCC(Cl)CN(C)c1nncs1. The van der Waals surface area contributed by atoms with Crippen LogP contribution >= 0.6 is 22.9 Å². The molecule has 0 aliphatic rings. The molecule has 74 valence electrons. The first-order chi connectivity index (χ1) is 6.24. The van der Waals surface area contributed by atoms with Crippen molar-refractivity contribution in [1.29, 1.82) is 0 Å². The van der Waals surface area contributed by atoms with Crippen molar-refractivity contribution in [3.63, 3.8) is 0 Å². The summed E-state index contributed by atoms with van der Waals surface area (Å²) in [6.45, 7) is 1.26. The van der Waals surface area contributed by atoms with Gasteiger partial charge in [0.25, 0.3) is 0 Å². The lowest BCUT2D eigenvalue weighted by molar-refractivity contribution is 0.199. The van der Waals surface area contributed by atoms with Gasteiger partial charge in [0.2, 0.25) is 5.13 Å². The highest BCUT2D eigenvalue weighted by Crippen LogP contribution is 2.14. The number of hydrogen-bond donors (Lipinski definition) is 0. The fourth-order valence-corrected chi connectivity index (χ4v) is 1.81. The number of anilines is 1. The zero-order valence-electron chi connectivity index (χ0n) is 7.61. The summed E-state index contributed by atoms with van der Waals surface area (Å²) in [5.41, 5.74) is 1.70. The summed E-state index contributed by atoms with van der Waals surface area (Å²) in [5.74, 6) is 0. The van der Waals surface area contributed by atoms with Crippen LogP contribution in [0.2, 0.25) is 0 Å². The van der Waals surface area contributed by atoms with Crippen molar-refractivity contribution in [3.8, 4) is 0 Å². The second-order valence-electron chi connectivity index (χ2n) is 2.65. The number of alkyl halides is 1. The van der Waals surface area contributed by atoms with Crippen molar-refractivity contribution in [2.24, 2.45) is 0 Å². The molecule has 0 aliphatic heterocycles. The highest BCUT2D eigenvalue weighted by atomic mass is 35.5. The van der Waals surface area contributed by atoms with Crippen molar-refractivity contribution in [3.05, 3.63) is 5.51 Å². The van der Waals surface area contributed by atoms with E-state index in [-0.39, 0.29) is 5.38 Å². The molecular formula is C7H12ClN3OS. The molecule has 0 saturated carbocycles. The van der Waals surface area contributed by atoms with Gasteiger partial charge in [0.15, 0.2) is 0 Å². The highest BCUT2D eigenvalue weighted by Gasteiger charge is 2.10. The Kier molecular flexibility index (Phi) is 4.41. The summed E-state index contributed by atoms with van der Waals surface area (Å²) in [4.78, 5) is 1.97. The lowest BCUT2D eigenvalue weighted by Gasteiger charge is -2.17. The lowest BCUT2D eigenvalue weighted by Crippen LogP contribution is -2.28. The number of halogens is 1. The van der Waals surface area contributed by atoms with E-state index in [1.54, 1.807) is 12.6 Å². The fraction of sp³-hybridized carbons (Fsp3) is 0.714. The van der Waals surface area contributed by atoms with Gasteiger partial charge < -0.3 is 9.64 Å². The molecular weight excluding hydrogens is 210 g/mol. The molecule has 0 saturated heterocycles. The lowest BCUT2D eigenvalue weighted by atomic mass is 10.4. The summed E-state index contributed by atoms with van der Waals surface area (Å²) in [5, 5.41) is 8.54. The molecule has 13 heavy (non-hydrogen) atoms. The Hall–Kier alpha value is -0.390.